The van der Waals surface area contributed by atoms with Gasteiger partial charge in [0.1, 0.15) is 12.0 Å². The van der Waals surface area contributed by atoms with Crippen molar-refractivity contribution in [1.82, 2.24) is 4.90 Å². The van der Waals surface area contributed by atoms with Gasteiger partial charge in [0.25, 0.3) is 0 Å². The molecule has 0 spiro atoms. The number of nitrogens with zero attached hydrogens (tertiary/aromatic N) is 1. The van der Waals surface area contributed by atoms with Crippen molar-refractivity contribution in [2.75, 3.05) is 6.54 Å². The molecular weight excluding hydrogens is 227 g/mol. The van der Waals surface area contributed by atoms with Crippen LogP contribution in [0.4, 0.5) is 13.2 Å². The van der Waals surface area contributed by atoms with E-state index >= 15 is 0 Å². The minimum absolute atomic E-state index is 0.0891. The van der Waals surface area contributed by atoms with Crippen LogP contribution < -0.4 is 0 Å². The highest BCUT2D eigenvalue weighted by atomic mass is 19.4. The van der Waals surface area contributed by atoms with Crippen molar-refractivity contribution in [1.29, 1.82) is 0 Å². The van der Waals surface area contributed by atoms with Crippen LogP contribution in [0, 0.1) is 0 Å². The smallest absolute Gasteiger partial charge is 0.397 e. The standard InChI is InChI=1S/C9H14F3NO3/c1-4-13(8(2,3)7(15)16)6(14)5-9(10,11)12/h4-5H2,1-3H3,(H,15,16). The van der Waals surface area contributed by atoms with Crippen LogP contribution in [0.5, 0.6) is 0 Å². The Hall–Kier alpha value is -1.27. The van der Waals surface area contributed by atoms with Gasteiger partial charge in [-0.25, -0.2) is 4.79 Å². The van der Waals surface area contributed by atoms with Crippen LogP contribution in [-0.2, 0) is 9.59 Å². The fourth-order valence-electron chi connectivity index (χ4n) is 1.27. The molecule has 0 aliphatic heterocycles. The van der Waals surface area contributed by atoms with Crippen molar-refractivity contribution in [3.8, 4) is 0 Å². The number of hydrogen-bond acceptors (Lipinski definition) is 2. The molecule has 0 fully saturated rings. The van der Waals surface area contributed by atoms with Gasteiger partial charge in [0.05, 0.1) is 0 Å². The first-order valence-corrected chi connectivity index (χ1v) is 4.63. The lowest BCUT2D eigenvalue weighted by Gasteiger charge is -2.34. The Labute approximate surface area is 91.0 Å². The summed E-state index contributed by atoms with van der Waals surface area (Å²) in [6, 6.07) is 0. The van der Waals surface area contributed by atoms with Crippen LogP contribution in [0.2, 0.25) is 0 Å². The zero-order valence-electron chi connectivity index (χ0n) is 9.26. The second-order valence-electron chi connectivity index (χ2n) is 3.79. The number of hydrogen-bond donors (Lipinski definition) is 1. The van der Waals surface area contributed by atoms with Crippen molar-refractivity contribution in [3.05, 3.63) is 0 Å². The van der Waals surface area contributed by atoms with E-state index in [1.54, 1.807) is 0 Å². The summed E-state index contributed by atoms with van der Waals surface area (Å²) < 4.78 is 36.0. The van der Waals surface area contributed by atoms with Crippen molar-refractivity contribution in [3.63, 3.8) is 0 Å². The number of carbonyl (C=O) groups excluding carboxylic acids is 1. The molecule has 0 aromatic carbocycles. The van der Waals surface area contributed by atoms with E-state index < -0.39 is 30.0 Å². The Balaban J connectivity index is 4.88. The quantitative estimate of drug-likeness (QED) is 0.814. The summed E-state index contributed by atoms with van der Waals surface area (Å²) >= 11 is 0. The SMILES string of the molecule is CCN(C(=O)CC(F)(F)F)C(C)(C)C(=O)O. The predicted molar refractivity (Wildman–Crippen MR) is 49.8 cm³/mol. The van der Waals surface area contributed by atoms with E-state index in [-0.39, 0.29) is 6.54 Å². The highest BCUT2D eigenvalue weighted by Gasteiger charge is 2.41. The van der Waals surface area contributed by atoms with E-state index in [4.69, 9.17) is 5.11 Å². The summed E-state index contributed by atoms with van der Waals surface area (Å²) in [5, 5.41) is 8.81. The summed E-state index contributed by atoms with van der Waals surface area (Å²) in [5.41, 5.74) is -1.64. The first-order valence-electron chi connectivity index (χ1n) is 4.63. The third-order valence-corrected chi connectivity index (χ3v) is 2.17. The largest absolute Gasteiger partial charge is 0.480 e. The predicted octanol–water partition coefficient (Wildman–Crippen LogP) is 1.65. The van der Waals surface area contributed by atoms with Gasteiger partial charge in [-0.2, -0.15) is 13.2 Å². The maximum absolute atomic E-state index is 12.0. The molecule has 1 N–H and O–H groups in total. The van der Waals surface area contributed by atoms with Gasteiger partial charge < -0.3 is 10.0 Å². The normalized spacial score (nSPS) is 12.4. The summed E-state index contributed by atoms with van der Waals surface area (Å²) in [5.74, 6) is -2.58. The monoisotopic (exact) mass is 241 g/mol. The molecule has 0 bridgehead atoms. The highest BCUT2D eigenvalue weighted by molar-refractivity contribution is 5.86. The maximum Gasteiger partial charge on any atom is 0.397 e. The van der Waals surface area contributed by atoms with Crippen LogP contribution in [0.25, 0.3) is 0 Å². The van der Waals surface area contributed by atoms with Crippen LogP contribution in [0.3, 0.4) is 0 Å². The molecule has 1 amide bonds. The van der Waals surface area contributed by atoms with E-state index in [1.165, 1.54) is 20.8 Å². The van der Waals surface area contributed by atoms with Gasteiger partial charge in [-0.3, -0.25) is 4.79 Å². The zero-order chi connectivity index (χ0) is 13.1. The second kappa shape index (κ2) is 4.71. The molecule has 0 aliphatic rings. The average molecular weight is 241 g/mol. The number of carbonyl (C=O) groups is 2. The van der Waals surface area contributed by atoms with Crippen molar-refractivity contribution < 1.29 is 27.9 Å². The lowest BCUT2D eigenvalue weighted by molar-refractivity contribution is -0.171. The Kier molecular flexibility index (Phi) is 4.34. The molecule has 0 atom stereocenters. The van der Waals surface area contributed by atoms with Crippen LogP contribution >= 0.6 is 0 Å². The fourth-order valence-corrected chi connectivity index (χ4v) is 1.27. The average Bonchev–Trinajstić information content (AvgIpc) is 2.00. The summed E-state index contributed by atoms with van der Waals surface area (Å²) in [6.45, 7) is 3.72. The van der Waals surface area contributed by atoms with Crippen molar-refractivity contribution in [2.24, 2.45) is 0 Å². The van der Waals surface area contributed by atoms with Gasteiger partial charge in [-0.1, -0.05) is 0 Å². The Bertz CT molecular complexity index is 286. The second-order valence-corrected chi connectivity index (χ2v) is 3.79. The highest BCUT2D eigenvalue weighted by Crippen LogP contribution is 2.24. The molecule has 0 rings (SSSR count). The van der Waals surface area contributed by atoms with Gasteiger partial charge in [0.2, 0.25) is 5.91 Å². The van der Waals surface area contributed by atoms with E-state index in [2.05, 4.69) is 0 Å². The molecule has 0 unspecified atom stereocenters. The molecular formula is C9H14F3NO3. The number of halogens is 3. The Morgan fingerprint density at radius 1 is 1.25 bits per heavy atom. The molecule has 0 aromatic rings. The number of alkyl halides is 3. The van der Waals surface area contributed by atoms with Crippen molar-refractivity contribution in [2.45, 2.75) is 38.9 Å². The van der Waals surface area contributed by atoms with Crippen LogP contribution in [0.1, 0.15) is 27.2 Å². The molecule has 0 radical (unpaired) electrons. The summed E-state index contributed by atoms with van der Waals surface area (Å²) in [6.07, 6.45) is -6.27. The lowest BCUT2D eigenvalue weighted by Crippen LogP contribution is -2.53. The third-order valence-electron chi connectivity index (χ3n) is 2.17. The molecule has 7 heteroatoms. The molecule has 0 heterocycles. The van der Waals surface area contributed by atoms with E-state index in [0.29, 0.717) is 4.90 Å². The Morgan fingerprint density at radius 3 is 1.94 bits per heavy atom. The molecule has 0 saturated heterocycles. The number of carboxylic acid groups (broad SMARTS) is 1. The number of rotatable bonds is 4. The zero-order valence-corrected chi connectivity index (χ0v) is 9.26. The maximum atomic E-state index is 12.0. The summed E-state index contributed by atoms with van der Waals surface area (Å²) in [4.78, 5) is 22.8. The minimum atomic E-state index is -4.63. The lowest BCUT2D eigenvalue weighted by atomic mass is 10.0. The van der Waals surface area contributed by atoms with Crippen LogP contribution in [0.15, 0.2) is 0 Å². The van der Waals surface area contributed by atoms with Gasteiger partial charge in [-0.05, 0) is 20.8 Å². The minimum Gasteiger partial charge on any atom is -0.480 e. The van der Waals surface area contributed by atoms with Gasteiger partial charge in [0.15, 0.2) is 0 Å². The molecule has 0 saturated carbocycles. The number of carboxylic acids is 1. The summed E-state index contributed by atoms with van der Waals surface area (Å²) in [7, 11) is 0. The Morgan fingerprint density at radius 2 is 1.69 bits per heavy atom. The van der Waals surface area contributed by atoms with E-state index in [0.717, 1.165) is 0 Å². The van der Waals surface area contributed by atoms with Gasteiger partial charge in [0, 0.05) is 6.54 Å². The molecule has 94 valence electrons. The first-order chi connectivity index (χ1) is 7.02. The molecule has 16 heavy (non-hydrogen) atoms. The van der Waals surface area contributed by atoms with Crippen molar-refractivity contribution >= 4 is 11.9 Å². The third kappa shape index (κ3) is 3.71. The topological polar surface area (TPSA) is 57.6 Å². The van der Waals surface area contributed by atoms with E-state index in [1.807, 2.05) is 0 Å². The van der Waals surface area contributed by atoms with Gasteiger partial charge in [-0.15, -0.1) is 0 Å². The molecule has 0 aliphatic carbocycles. The molecule has 4 nitrogen and oxygen atoms in total. The molecule has 0 aromatic heterocycles. The fraction of sp³-hybridized carbons (Fsp3) is 0.778. The van der Waals surface area contributed by atoms with E-state index in [9.17, 15) is 22.8 Å². The number of likely N-dealkylation sites (N-methyl/N-ethyl adjacent to an activating group) is 1. The van der Waals surface area contributed by atoms with Crippen LogP contribution in [-0.4, -0.2) is 40.1 Å². The first kappa shape index (κ1) is 14.7. The van der Waals surface area contributed by atoms with Gasteiger partial charge >= 0.3 is 12.1 Å². The number of aliphatic carboxylic acids is 1. The number of amides is 1.